The summed E-state index contributed by atoms with van der Waals surface area (Å²) in [5, 5.41) is 4.79. The molecule has 21 heavy (non-hydrogen) atoms. The molecule has 4 nitrogen and oxygen atoms in total. The third-order valence-electron chi connectivity index (χ3n) is 3.89. The molecular weight excluding hydrogens is 262 g/mol. The molecule has 0 bridgehead atoms. The minimum atomic E-state index is 0.235. The van der Waals surface area contributed by atoms with E-state index < -0.39 is 0 Å². The van der Waals surface area contributed by atoms with Crippen LogP contribution in [0.3, 0.4) is 0 Å². The number of aromatic amines is 1. The number of hydrogen-bond acceptors (Lipinski definition) is 3. The lowest BCUT2D eigenvalue weighted by Crippen LogP contribution is -2.21. The number of nitrogens with zero attached hydrogens (tertiary/aromatic N) is 1. The van der Waals surface area contributed by atoms with E-state index in [1.807, 2.05) is 18.3 Å². The molecule has 2 heterocycles. The van der Waals surface area contributed by atoms with E-state index in [0.717, 1.165) is 36.6 Å². The van der Waals surface area contributed by atoms with Crippen LogP contribution in [0.2, 0.25) is 0 Å². The van der Waals surface area contributed by atoms with Gasteiger partial charge in [-0.05, 0) is 12.5 Å². The summed E-state index contributed by atoms with van der Waals surface area (Å²) in [5.41, 5.74) is 2.23. The monoisotopic (exact) mass is 283 g/mol. The summed E-state index contributed by atoms with van der Waals surface area (Å²) >= 11 is 0. The predicted molar refractivity (Wildman–Crippen MR) is 84.1 cm³/mol. The van der Waals surface area contributed by atoms with Gasteiger partial charge in [-0.15, -0.1) is 0 Å². The third-order valence-corrected chi connectivity index (χ3v) is 3.89. The van der Waals surface area contributed by atoms with E-state index in [4.69, 9.17) is 4.42 Å². The molecule has 0 aliphatic rings. The Balaban J connectivity index is 1.84. The van der Waals surface area contributed by atoms with E-state index in [0.29, 0.717) is 0 Å². The van der Waals surface area contributed by atoms with Crippen LogP contribution in [0, 0.1) is 0 Å². The van der Waals surface area contributed by atoms with Crippen LogP contribution in [0.4, 0.5) is 0 Å². The van der Waals surface area contributed by atoms with Crippen molar-refractivity contribution in [1.29, 1.82) is 0 Å². The molecule has 0 saturated carbocycles. The van der Waals surface area contributed by atoms with Gasteiger partial charge in [0.2, 0.25) is 0 Å². The van der Waals surface area contributed by atoms with E-state index in [-0.39, 0.29) is 6.04 Å². The van der Waals surface area contributed by atoms with Crippen molar-refractivity contribution in [2.45, 2.75) is 39.3 Å². The molecule has 1 unspecified atom stereocenters. The Morgan fingerprint density at radius 3 is 2.86 bits per heavy atom. The number of H-pyrrole nitrogens is 1. The average molecular weight is 283 g/mol. The molecule has 1 aromatic carbocycles. The molecule has 0 amide bonds. The zero-order chi connectivity index (χ0) is 14.7. The van der Waals surface area contributed by atoms with Crippen molar-refractivity contribution in [3.8, 4) is 0 Å². The molecule has 4 heteroatoms. The number of para-hydroxylation sites is 1. The Kier molecular flexibility index (Phi) is 4.06. The number of hydrogen-bond donors (Lipinski definition) is 2. The molecule has 0 saturated heterocycles. The van der Waals surface area contributed by atoms with E-state index >= 15 is 0 Å². The second kappa shape index (κ2) is 6.14. The summed E-state index contributed by atoms with van der Waals surface area (Å²) in [6.45, 7) is 5.08. The van der Waals surface area contributed by atoms with Gasteiger partial charge in [-0.3, -0.25) is 0 Å². The number of rotatable bonds is 6. The predicted octanol–water partition coefficient (Wildman–Crippen LogP) is 3.96. The summed E-state index contributed by atoms with van der Waals surface area (Å²) in [6, 6.07) is 8.47. The standard InChI is InChI=1S/C17H21N3O/c1-3-14(17-18-9-10-19-17)20-11-13-12-7-5-6-8-16(12)21-15(13)4-2/h5-10,14,20H,3-4,11H2,1-2H3,(H,18,19). The first-order chi connectivity index (χ1) is 10.3. The summed E-state index contributed by atoms with van der Waals surface area (Å²) in [6.07, 6.45) is 5.56. The fraction of sp³-hybridized carbons (Fsp3) is 0.353. The highest BCUT2D eigenvalue weighted by atomic mass is 16.3. The number of aryl methyl sites for hydroxylation is 1. The second-order valence-electron chi connectivity index (χ2n) is 5.17. The summed E-state index contributed by atoms with van der Waals surface area (Å²) in [5.74, 6) is 2.06. The van der Waals surface area contributed by atoms with Gasteiger partial charge in [-0.25, -0.2) is 4.98 Å². The summed E-state index contributed by atoms with van der Waals surface area (Å²) in [7, 11) is 0. The Hall–Kier alpha value is -2.07. The molecule has 0 spiro atoms. The van der Waals surface area contributed by atoms with Crippen molar-refractivity contribution < 1.29 is 4.42 Å². The first-order valence-corrected chi connectivity index (χ1v) is 7.55. The number of aromatic nitrogens is 2. The fourth-order valence-corrected chi connectivity index (χ4v) is 2.76. The van der Waals surface area contributed by atoms with Gasteiger partial charge >= 0.3 is 0 Å². The Bertz CT molecular complexity index is 700. The zero-order valence-electron chi connectivity index (χ0n) is 12.5. The quantitative estimate of drug-likeness (QED) is 0.720. The van der Waals surface area contributed by atoms with Gasteiger partial charge in [0.25, 0.3) is 0 Å². The van der Waals surface area contributed by atoms with Gasteiger partial charge in [-0.1, -0.05) is 32.0 Å². The molecule has 2 N–H and O–H groups in total. The minimum absolute atomic E-state index is 0.235. The molecule has 2 aromatic heterocycles. The highest BCUT2D eigenvalue weighted by Crippen LogP contribution is 2.27. The van der Waals surface area contributed by atoms with Gasteiger partial charge in [0.1, 0.15) is 17.2 Å². The maximum absolute atomic E-state index is 5.94. The summed E-state index contributed by atoms with van der Waals surface area (Å²) in [4.78, 5) is 7.54. The molecule has 0 fully saturated rings. The fourth-order valence-electron chi connectivity index (χ4n) is 2.76. The van der Waals surface area contributed by atoms with Crippen LogP contribution < -0.4 is 5.32 Å². The molecule has 1 atom stereocenters. The highest BCUT2D eigenvalue weighted by Gasteiger charge is 2.16. The van der Waals surface area contributed by atoms with Gasteiger partial charge in [0, 0.05) is 36.3 Å². The molecule has 0 aliphatic carbocycles. The first-order valence-electron chi connectivity index (χ1n) is 7.55. The van der Waals surface area contributed by atoms with Crippen LogP contribution in [0.5, 0.6) is 0 Å². The van der Waals surface area contributed by atoms with Crippen LogP contribution in [0.25, 0.3) is 11.0 Å². The normalized spacial score (nSPS) is 12.9. The van der Waals surface area contributed by atoms with Crippen LogP contribution in [-0.4, -0.2) is 9.97 Å². The molecule has 110 valence electrons. The lowest BCUT2D eigenvalue weighted by atomic mass is 10.1. The number of fused-ring (bicyclic) bond motifs is 1. The number of benzene rings is 1. The Morgan fingerprint density at radius 2 is 2.14 bits per heavy atom. The SMILES string of the molecule is CCc1oc2ccccc2c1CNC(CC)c1ncc[nH]1. The van der Waals surface area contributed by atoms with Gasteiger partial charge in [0.05, 0.1) is 6.04 Å². The molecule has 0 radical (unpaired) electrons. The lowest BCUT2D eigenvalue weighted by Gasteiger charge is -2.14. The topological polar surface area (TPSA) is 53.9 Å². The lowest BCUT2D eigenvalue weighted by molar-refractivity contribution is 0.487. The van der Waals surface area contributed by atoms with Crippen molar-refractivity contribution in [1.82, 2.24) is 15.3 Å². The van der Waals surface area contributed by atoms with Crippen LogP contribution >= 0.6 is 0 Å². The molecule has 0 aliphatic heterocycles. The molecule has 3 aromatic rings. The van der Waals surface area contributed by atoms with E-state index in [9.17, 15) is 0 Å². The second-order valence-corrected chi connectivity index (χ2v) is 5.17. The smallest absolute Gasteiger partial charge is 0.134 e. The Morgan fingerprint density at radius 1 is 1.29 bits per heavy atom. The zero-order valence-corrected chi connectivity index (χ0v) is 12.5. The van der Waals surface area contributed by atoms with Crippen molar-refractivity contribution in [2.24, 2.45) is 0 Å². The average Bonchev–Trinajstić information content (AvgIpc) is 3.16. The van der Waals surface area contributed by atoms with E-state index in [2.05, 4.69) is 41.3 Å². The highest BCUT2D eigenvalue weighted by molar-refractivity contribution is 5.82. The van der Waals surface area contributed by atoms with Crippen molar-refractivity contribution in [3.05, 3.63) is 53.8 Å². The minimum Gasteiger partial charge on any atom is -0.461 e. The largest absolute Gasteiger partial charge is 0.461 e. The van der Waals surface area contributed by atoms with Gasteiger partial charge < -0.3 is 14.7 Å². The number of imidazole rings is 1. The van der Waals surface area contributed by atoms with Crippen LogP contribution in [-0.2, 0) is 13.0 Å². The van der Waals surface area contributed by atoms with Gasteiger partial charge in [-0.2, -0.15) is 0 Å². The first kappa shape index (κ1) is 13.9. The van der Waals surface area contributed by atoms with Crippen molar-refractivity contribution >= 4 is 11.0 Å². The van der Waals surface area contributed by atoms with E-state index in [1.165, 1.54) is 10.9 Å². The van der Waals surface area contributed by atoms with Crippen LogP contribution in [0.1, 0.15) is 43.5 Å². The molecule has 3 rings (SSSR count). The van der Waals surface area contributed by atoms with Crippen molar-refractivity contribution in [2.75, 3.05) is 0 Å². The maximum Gasteiger partial charge on any atom is 0.134 e. The van der Waals surface area contributed by atoms with Crippen molar-refractivity contribution in [3.63, 3.8) is 0 Å². The Labute approximate surface area is 124 Å². The van der Waals surface area contributed by atoms with Gasteiger partial charge in [0.15, 0.2) is 0 Å². The summed E-state index contributed by atoms with van der Waals surface area (Å²) < 4.78 is 5.94. The van der Waals surface area contributed by atoms with Crippen LogP contribution in [0.15, 0.2) is 41.1 Å². The third kappa shape index (κ3) is 2.72. The number of furan rings is 1. The number of nitrogens with one attached hydrogen (secondary N) is 2. The maximum atomic E-state index is 5.94. The van der Waals surface area contributed by atoms with E-state index in [1.54, 1.807) is 6.20 Å². The molecular formula is C17H21N3O.